The molecule has 1 aromatic carbocycles. The zero-order valence-electron chi connectivity index (χ0n) is 5.44. The highest BCUT2D eigenvalue weighted by Crippen LogP contribution is 2.32. The summed E-state index contributed by atoms with van der Waals surface area (Å²) >= 11 is 10.3. The molecule has 0 aliphatic carbocycles. The average Bonchev–Trinajstić information content (AvgIpc) is 1.94. The fraction of sp³-hybridized carbons (Fsp3) is 0.143. The van der Waals surface area contributed by atoms with Gasteiger partial charge in [0.2, 0.25) is 0 Å². The van der Waals surface area contributed by atoms with Gasteiger partial charge in [-0.2, -0.15) is 0 Å². The van der Waals surface area contributed by atoms with E-state index >= 15 is 0 Å². The predicted molar refractivity (Wildman–Crippen MR) is 59.3 cm³/mol. The molecule has 0 aromatic heterocycles. The average molecular weight is 356 g/mol. The van der Waals surface area contributed by atoms with Crippen molar-refractivity contribution in [3.63, 3.8) is 0 Å². The summed E-state index contributed by atoms with van der Waals surface area (Å²) in [7, 11) is 3.48. The van der Waals surface area contributed by atoms with Gasteiger partial charge in [0.15, 0.2) is 0 Å². The van der Waals surface area contributed by atoms with Crippen LogP contribution in [0.25, 0.3) is 0 Å². The maximum Gasteiger partial charge on any atom is 0.0490 e. The molecule has 0 amide bonds. The highest BCUT2D eigenvalue weighted by molar-refractivity contribution is 9.13. The van der Waals surface area contributed by atoms with Crippen molar-refractivity contribution in [1.29, 1.82) is 0 Å². The van der Waals surface area contributed by atoms with Crippen LogP contribution in [0.4, 0.5) is 0 Å². The normalized spacial score (nSPS) is 13.1. The molecular formula is C7H4Br3Si. The van der Waals surface area contributed by atoms with Crippen molar-refractivity contribution < 1.29 is 0 Å². The van der Waals surface area contributed by atoms with E-state index in [4.69, 9.17) is 0 Å². The largest absolute Gasteiger partial charge is 0.0883 e. The fourth-order valence-corrected chi connectivity index (χ4v) is 2.73. The van der Waals surface area contributed by atoms with Crippen LogP contribution < -0.4 is 0 Å². The van der Waals surface area contributed by atoms with Crippen molar-refractivity contribution in [3.8, 4) is 0 Å². The van der Waals surface area contributed by atoms with E-state index in [1.807, 2.05) is 18.2 Å². The van der Waals surface area contributed by atoms with E-state index in [1.54, 1.807) is 0 Å². The van der Waals surface area contributed by atoms with Gasteiger partial charge in [-0.1, -0.05) is 28.1 Å². The Hall–Kier alpha value is 0.877. The van der Waals surface area contributed by atoms with Crippen LogP contribution in [0, 0.1) is 0 Å². The smallest absolute Gasteiger partial charge is 0.0490 e. The Labute approximate surface area is 94.6 Å². The predicted octanol–water partition coefficient (Wildman–Crippen LogP) is 3.77. The van der Waals surface area contributed by atoms with Crippen LogP contribution >= 0.6 is 47.8 Å². The van der Waals surface area contributed by atoms with Crippen LogP contribution in [-0.4, -0.2) is 10.2 Å². The quantitative estimate of drug-likeness (QED) is 0.531. The van der Waals surface area contributed by atoms with Gasteiger partial charge < -0.3 is 0 Å². The standard InChI is InChI=1S/C7H4Br3Si/c8-5-3-1-2-4(6(5)9)7(10)11/h1-3,7H. The molecule has 0 saturated carbocycles. The second-order valence-corrected chi connectivity index (χ2v) is 5.99. The molecule has 1 atom stereocenters. The lowest BCUT2D eigenvalue weighted by Crippen LogP contribution is -1.89. The van der Waals surface area contributed by atoms with Crippen LogP contribution in [0.2, 0.25) is 0 Å². The molecule has 3 radical (unpaired) electrons. The summed E-state index contributed by atoms with van der Waals surface area (Å²) < 4.78 is 2.34. The van der Waals surface area contributed by atoms with Gasteiger partial charge in [0.05, 0.1) is 0 Å². The number of hydrogen-bond donors (Lipinski definition) is 0. The maximum absolute atomic E-state index is 3.48. The summed E-state index contributed by atoms with van der Waals surface area (Å²) in [6, 6.07) is 6.04. The van der Waals surface area contributed by atoms with Crippen molar-refractivity contribution in [1.82, 2.24) is 0 Å². The van der Waals surface area contributed by atoms with Crippen LogP contribution in [0.3, 0.4) is 0 Å². The van der Waals surface area contributed by atoms with Gasteiger partial charge >= 0.3 is 0 Å². The molecular weight excluding hydrogens is 352 g/mol. The first-order valence-electron chi connectivity index (χ1n) is 2.92. The molecule has 11 heavy (non-hydrogen) atoms. The molecule has 0 aliphatic heterocycles. The number of hydrogen-bond acceptors (Lipinski definition) is 0. The van der Waals surface area contributed by atoms with E-state index in [-0.39, 0.29) is 4.45 Å². The van der Waals surface area contributed by atoms with E-state index in [0.717, 1.165) is 8.95 Å². The van der Waals surface area contributed by atoms with Gasteiger partial charge in [0.1, 0.15) is 0 Å². The Morgan fingerprint density at radius 3 is 2.36 bits per heavy atom. The Morgan fingerprint density at radius 2 is 1.91 bits per heavy atom. The lowest BCUT2D eigenvalue weighted by atomic mass is 10.2. The summed E-state index contributed by atoms with van der Waals surface area (Å²) in [6.07, 6.45) is 0. The monoisotopic (exact) mass is 353 g/mol. The molecule has 0 heterocycles. The number of alkyl halides is 1. The van der Waals surface area contributed by atoms with E-state index < -0.39 is 0 Å². The Balaban J connectivity index is 3.17. The van der Waals surface area contributed by atoms with Gasteiger partial charge in [-0.05, 0) is 43.5 Å². The molecule has 0 nitrogen and oxygen atoms in total. The molecule has 1 rings (SSSR count). The van der Waals surface area contributed by atoms with Crippen LogP contribution in [0.15, 0.2) is 27.1 Å². The third-order valence-corrected chi connectivity index (χ3v) is 4.14. The highest BCUT2D eigenvalue weighted by atomic mass is 79.9. The Morgan fingerprint density at radius 1 is 1.27 bits per heavy atom. The molecule has 1 aromatic rings. The summed E-state index contributed by atoms with van der Waals surface area (Å²) in [5.74, 6) is 0. The summed E-state index contributed by atoms with van der Waals surface area (Å²) in [6.45, 7) is 0. The summed E-state index contributed by atoms with van der Waals surface area (Å²) in [5, 5.41) is 0. The molecule has 0 saturated heterocycles. The van der Waals surface area contributed by atoms with Crippen molar-refractivity contribution >= 4 is 58.0 Å². The second-order valence-electron chi connectivity index (χ2n) is 2.01. The molecule has 0 fully saturated rings. The van der Waals surface area contributed by atoms with Crippen molar-refractivity contribution in [2.75, 3.05) is 0 Å². The molecule has 0 spiro atoms. The molecule has 0 aliphatic rings. The number of halogens is 3. The fourth-order valence-electron chi connectivity index (χ4n) is 0.716. The molecule has 4 heteroatoms. The van der Waals surface area contributed by atoms with Gasteiger partial charge in [-0.3, -0.25) is 0 Å². The zero-order valence-corrected chi connectivity index (χ0v) is 11.2. The lowest BCUT2D eigenvalue weighted by Gasteiger charge is -2.07. The SMILES string of the molecule is [Si]C(Br)c1cccc(Br)c1Br. The maximum atomic E-state index is 3.48. The van der Waals surface area contributed by atoms with E-state index in [0.29, 0.717) is 0 Å². The van der Waals surface area contributed by atoms with Gasteiger partial charge in [0.25, 0.3) is 0 Å². The highest BCUT2D eigenvalue weighted by Gasteiger charge is 2.07. The first-order valence-corrected chi connectivity index (χ1v) is 6.00. The minimum Gasteiger partial charge on any atom is -0.0883 e. The van der Waals surface area contributed by atoms with Gasteiger partial charge in [0, 0.05) is 23.6 Å². The number of benzene rings is 1. The van der Waals surface area contributed by atoms with E-state index in [1.165, 1.54) is 5.56 Å². The van der Waals surface area contributed by atoms with Gasteiger partial charge in [-0.25, -0.2) is 0 Å². The van der Waals surface area contributed by atoms with Crippen molar-refractivity contribution in [2.45, 2.75) is 4.45 Å². The molecule has 1 unspecified atom stereocenters. The first kappa shape index (κ1) is 9.96. The first-order chi connectivity index (χ1) is 5.13. The summed E-state index contributed by atoms with van der Waals surface area (Å²) in [4.78, 5) is 0. The van der Waals surface area contributed by atoms with Crippen LogP contribution in [-0.2, 0) is 0 Å². The molecule has 0 N–H and O–H groups in total. The van der Waals surface area contributed by atoms with Crippen molar-refractivity contribution in [3.05, 3.63) is 32.7 Å². The van der Waals surface area contributed by atoms with Gasteiger partial charge in [-0.15, -0.1) is 0 Å². The lowest BCUT2D eigenvalue weighted by molar-refractivity contribution is 1.34. The molecule has 57 valence electrons. The van der Waals surface area contributed by atoms with E-state index in [9.17, 15) is 0 Å². The number of rotatable bonds is 1. The topological polar surface area (TPSA) is 0 Å². The van der Waals surface area contributed by atoms with E-state index in [2.05, 4.69) is 58.0 Å². The van der Waals surface area contributed by atoms with Crippen LogP contribution in [0.5, 0.6) is 0 Å². The Bertz CT molecular complexity index is 260. The molecule has 0 bridgehead atoms. The minimum atomic E-state index is 0.189. The second kappa shape index (κ2) is 4.21. The van der Waals surface area contributed by atoms with Crippen LogP contribution in [0.1, 0.15) is 10.0 Å². The zero-order chi connectivity index (χ0) is 8.43. The summed E-state index contributed by atoms with van der Waals surface area (Å²) in [5.41, 5.74) is 1.18. The third kappa shape index (κ3) is 2.41. The minimum absolute atomic E-state index is 0.189. The third-order valence-electron chi connectivity index (χ3n) is 1.25. The van der Waals surface area contributed by atoms with Crippen molar-refractivity contribution in [2.24, 2.45) is 0 Å². The Kier molecular flexibility index (Phi) is 3.81.